The Balaban J connectivity index is 1.34. The number of carbonyl (C=O) groups excluding carboxylic acids is 1. The van der Waals surface area contributed by atoms with Crippen molar-refractivity contribution in [2.24, 2.45) is 13.0 Å². The van der Waals surface area contributed by atoms with Crippen molar-refractivity contribution in [1.29, 1.82) is 0 Å². The van der Waals surface area contributed by atoms with Crippen molar-refractivity contribution in [3.05, 3.63) is 97.9 Å². The van der Waals surface area contributed by atoms with Crippen LogP contribution in [0.1, 0.15) is 47.2 Å². The summed E-state index contributed by atoms with van der Waals surface area (Å²) in [6, 6.07) is 4.92. The maximum Gasteiger partial charge on any atom is 0.294 e. The van der Waals surface area contributed by atoms with E-state index < -0.39 is 92.1 Å². The van der Waals surface area contributed by atoms with Crippen LogP contribution < -0.4 is 15.6 Å². The van der Waals surface area contributed by atoms with Gasteiger partial charge in [0, 0.05) is 43.3 Å². The van der Waals surface area contributed by atoms with Gasteiger partial charge in [-0.2, -0.15) is 31.6 Å². The third kappa shape index (κ3) is 5.99. The lowest BCUT2D eigenvalue weighted by Gasteiger charge is -2.23. The molecule has 3 heterocycles. The minimum absolute atomic E-state index is 0.0162. The molecule has 2 aliphatic carbocycles. The number of nitrogens with one attached hydrogen (secondary N) is 2. The van der Waals surface area contributed by atoms with Gasteiger partial charge in [0.2, 0.25) is 15.9 Å². The lowest BCUT2D eigenvalue weighted by Crippen LogP contribution is -2.38. The van der Waals surface area contributed by atoms with Crippen molar-refractivity contribution in [1.82, 2.24) is 34.4 Å². The smallest absolute Gasteiger partial charge is 0.294 e. The molecule has 3 atom stereocenters. The van der Waals surface area contributed by atoms with E-state index in [1.54, 1.807) is 0 Å². The van der Waals surface area contributed by atoms with Gasteiger partial charge in [0.15, 0.2) is 5.82 Å². The van der Waals surface area contributed by atoms with Crippen molar-refractivity contribution in [3.8, 4) is 5.69 Å². The Morgan fingerprint density at radius 3 is 2.48 bits per heavy atom. The maximum absolute atomic E-state index is 15.4. The molecule has 0 radical (unpaired) electrons. The number of anilines is 1. The van der Waals surface area contributed by atoms with E-state index in [1.165, 1.54) is 23.9 Å². The van der Waals surface area contributed by atoms with Gasteiger partial charge in [-0.3, -0.25) is 28.2 Å². The third-order valence-electron chi connectivity index (χ3n) is 8.92. The van der Waals surface area contributed by atoms with E-state index in [-0.39, 0.29) is 45.2 Å². The second-order valence-electron chi connectivity index (χ2n) is 12.6. The number of alkyl halides is 4. The largest absolute Gasteiger partial charge is 0.344 e. The van der Waals surface area contributed by atoms with E-state index >= 15 is 8.78 Å². The molecule has 1 amide bonds. The normalized spacial score (nSPS) is 19.5. The fraction of sp³-hybridized carbons (Fsp3) is 0.323. The first kappa shape index (κ1) is 35.8. The minimum atomic E-state index is -3.85. The molecule has 2 aliphatic rings. The summed E-state index contributed by atoms with van der Waals surface area (Å²) in [4.78, 5) is 31.6. The highest BCUT2D eigenvalue weighted by Crippen LogP contribution is 2.73. The van der Waals surface area contributed by atoms with Crippen molar-refractivity contribution in [3.63, 3.8) is 0 Å². The van der Waals surface area contributed by atoms with Gasteiger partial charge in [0.25, 0.3) is 17.9 Å². The van der Waals surface area contributed by atoms with Gasteiger partial charge in [-0.25, -0.2) is 31.0 Å². The molecular weight excluding hydrogens is 762 g/mol. The average Bonchev–Trinajstić information content (AvgIpc) is 3.33. The maximum atomic E-state index is 15.4. The quantitative estimate of drug-likeness (QED) is 0.135. The lowest BCUT2D eigenvalue weighted by atomic mass is 10.0. The number of halogens is 7. The minimum Gasteiger partial charge on any atom is -0.344 e. The number of carbonyl (C=O) groups is 1. The van der Waals surface area contributed by atoms with Gasteiger partial charge >= 0.3 is 0 Å². The van der Waals surface area contributed by atoms with Crippen LogP contribution in [0.25, 0.3) is 16.6 Å². The van der Waals surface area contributed by atoms with Crippen molar-refractivity contribution in [2.75, 3.05) is 11.0 Å². The zero-order valence-electron chi connectivity index (χ0n) is 26.7. The summed E-state index contributed by atoms with van der Waals surface area (Å²) in [6.07, 6.45) is -1.83. The first-order valence-corrected chi connectivity index (χ1v) is 18.0. The van der Waals surface area contributed by atoms with Crippen LogP contribution in [0.5, 0.6) is 0 Å². The van der Waals surface area contributed by atoms with E-state index in [1.807, 2.05) is 0 Å². The molecule has 2 aromatic carbocycles. The molecule has 52 heavy (non-hydrogen) atoms. The molecule has 0 saturated heterocycles. The van der Waals surface area contributed by atoms with E-state index in [4.69, 9.17) is 11.6 Å². The highest BCUT2D eigenvalue weighted by Gasteiger charge is 2.75. The summed E-state index contributed by atoms with van der Waals surface area (Å²) in [5, 5.41) is 10.6. The van der Waals surface area contributed by atoms with Crippen LogP contribution in [-0.2, 0) is 45.5 Å². The Hall–Kier alpha value is -4.56. The van der Waals surface area contributed by atoms with Crippen molar-refractivity contribution < 1.29 is 39.6 Å². The predicted octanol–water partition coefficient (Wildman–Crippen LogP) is 4.91. The van der Waals surface area contributed by atoms with Crippen LogP contribution in [0.4, 0.5) is 32.2 Å². The highest BCUT2D eigenvalue weighted by atomic mass is 35.5. The van der Waals surface area contributed by atoms with Crippen LogP contribution >= 0.6 is 24.2 Å². The number of sulfonamides is 1. The predicted molar refractivity (Wildman–Crippen MR) is 178 cm³/mol. The number of fused-ring (bicyclic) bond motifs is 4. The highest BCUT2D eigenvalue weighted by molar-refractivity contribution is 7.92. The molecule has 1 saturated carbocycles. The first-order chi connectivity index (χ1) is 24.3. The van der Waals surface area contributed by atoms with Gasteiger partial charge in [-0.05, 0) is 36.2 Å². The molecule has 5 aromatic rings. The van der Waals surface area contributed by atoms with E-state index in [0.717, 1.165) is 35.2 Å². The molecule has 274 valence electrons. The van der Waals surface area contributed by atoms with E-state index in [2.05, 4.69) is 37.8 Å². The van der Waals surface area contributed by atoms with Crippen molar-refractivity contribution in [2.45, 2.75) is 42.5 Å². The monoisotopic (exact) mass is 786 g/mol. The van der Waals surface area contributed by atoms with E-state index in [0.29, 0.717) is 10.7 Å². The standard InChI is InChI=1S/C31H25ClF6N8O4S2/c1-44-25-18(4-3-16(32)22(25)28(42-44)43-52(2,49)50)46-21(48)5-6-39-29(46)17(9-13-7-14(33)10-15(34)8-13)40-20(47)12-45-26-23(24(41-45)27(35)36)30(51)11-19(30)31(26,37)38/h3-8,10,17,19,27,51H,9,11-12H2,1-2H3,(H,40,47)(H,42,43)/t17-,19-,30-/m1/s1. The average molecular weight is 787 g/mol. The van der Waals surface area contributed by atoms with Crippen LogP contribution in [0.2, 0.25) is 5.02 Å². The van der Waals surface area contributed by atoms with Gasteiger partial charge in [-0.1, -0.05) is 11.6 Å². The number of hydrogen-bond donors (Lipinski definition) is 3. The number of rotatable bonds is 10. The Morgan fingerprint density at radius 2 is 1.83 bits per heavy atom. The fourth-order valence-corrected chi connectivity index (χ4v) is 8.18. The number of benzene rings is 2. The molecule has 3 aromatic heterocycles. The number of amides is 1. The molecule has 0 unspecified atom stereocenters. The molecule has 0 spiro atoms. The Morgan fingerprint density at radius 1 is 1.13 bits per heavy atom. The summed E-state index contributed by atoms with van der Waals surface area (Å²) in [5.74, 6) is -8.36. The second-order valence-corrected chi connectivity index (χ2v) is 15.5. The Kier molecular flexibility index (Phi) is 8.45. The summed E-state index contributed by atoms with van der Waals surface area (Å²) < 4.78 is 115. The molecule has 0 bridgehead atoms. The van der Waals surface area contributed by atoms with Crippen LogP contribution in [-0.4, -0.2) is 49.7 Å². The summed E-state index contributed by atoms with van der Waals surface area (Å²) in [5.41, 5.74) is -2.79. The summed E-state index contributed by atoms with van der Waals surface area (Å²) >= 11 is 10.7. The summed E-state index contributed by atoms with van der Waals surface area (Å²) in [6.45, 7) is -0.986. The Bertz CT molecular complexity index is 2470. The number of thiol groups is 1. The van der Waals surface area contributed by atoms with Crippen LogP contribution in [0.15, 0.2) is 47.4 Å². The molecule has 2 N–H and O–H groups in total. The summed E-state index contributed by atoms with van der Waals surface area (Å²) in [7, 11) is -2.41. The number of aromatic nitrogens is 6. The molecule has 1 fully saturated rings. The zero-order chi connectivity index (χ0) is 37.7. The molecular formula is C31H25ClF6N8O4S2. The fourth-order valence-electron chi connectivity index (χ4n) is 6.88. The number of hydrogen-bond acceptors (Lipinski definition) is 8. The second kappa shape index (κ2) is 12.3. The zero-order valence-corrected chi connectivity index (χ0v) is 29.2. The lowest BCUT2D eigenvalue weighted by molar-refractivity contribution is -0.123. The van der Waals surface area contributed by atoms with Gasteiger partial charge in [0.1, 0.15) is 35.4 Å². The van der Waals surface area contributed by atoms with Crippen LogP contribution in [0, 0.1) is 17.6 Å². The third-order valence-corrected chi connectivity index (χ3v) is 10.5. The van der Waals surface area contributed by atoms with Crippen LogP contribution in [0.3, 0.4) is 0 Å². The number of nitrogens with zero attached hydrogens (tertiary/aromatic N) is 6. The molecule has 21 heteroatoms. The molecule has 7 rings (SSSR count). The van der Waals surface area contributed by atoms with E-state index in [9.17, 15) is 35.6 Å². The van der Waals surface area contributed by atoms with Crippen molar-refractivity contribution >= 4 is 56.9 Å². The van der Waals surface area contributed by atoms with Gasteiger partial charge < -0.3 is 5.32 Å². The molecule has 0 aliphatic heterocycles. The SMILES string of the molecule is Cn1nc(NS(C)(=O)=O)c2c(Cl)ccc(-n3c([C@@H](Cc4cc(F)cc(F)c4)NC(=O)Cn4nc(C(F)F)c5c4C(F)(F)[C@@H]4C[C@]54S)nccc3=O)c21. The van der Waals surface area contributed by atoms with Gasteiger partial charge in [-0.15, -0.1) is 0 Å². The first-order valence-electron chi connectivity index (χ1n) is 15.3. The van der Waals surface area contributed by atoms with Gasteiger partial charge in [0.05, 0.1) is 38.7 Å². The topological polar surface area (TPSA) is 146 Å². The number of aryl methyl sites for hydroxylation is 1. The Labute approximate surface area is 300 Å². The molecule has 12 nitrogen and oxygen atoms in total.